The van der Waals surface area contributed by atoms with Crippen LogP contribution in [0.3, 0.4) is 0 Å². The summed E-state index contributed by atoms with van der Waals surface area (Å²) in [4.78, 5) is 30.9. The van der Waals surface area contributed by atoms with E-state index >= 15 is 0 Å². The fraction of sp³-hybridized carbons (Fsp3) is 0.619. The molecule has 2 fully saturated rings. The minimum atomic E-state index is -4.62. The highest BCUT2D eigenvalue weighted by Gasteiger charge is 2.41. The molecule has 0 bridgehead atoms. The van der Waals surface area contributed by atoms with Gasteiger partial charge in [-0.05, 0) is 50.9 Å². The van der Waals surface area contributed by atoms with Crippen LogP contribution in [-0.2, 0) is 11.0 Å². The van der Waals surface area contributed by atoms with Crippen molar-refractivity contribution in [1.29, 1.82) is 0 Å². The first-order valence-corrected chi connectivity index (χ1v) is 10.8. The van der Waals surface area contributed by atoms with Crippen LogP contribution < -0.4 is 5.69 Å². The molecule has 0 unspecified atom stereocenters. The number of alkyl halides is 6. The summed E-state index contributed by atoms with van der Waals surface area (Å²) in [5.74, 6) is -1.56. The number of rotatable bonds is 3. The average molecular weight is 478 g/mol. The summed E-state index contributed by atoms with van der Waals surface area (Å²) in [6.45, 7) is 0.917. The van der Waals surface area contributed by atoms with Crippen molar-refractivity contribution in [3.63, 3.8) is 0 Å². The van der Waals surface area contributed by atoms with Gasteiger partial charge in [-0.2, -0.15) is 26.3 Å². The van der Waals surface area contributed by atoms with Crippen molar-refractivity contribution in [3.05, 3.63) is 34.2 Å². The first-order chi connectivity index (χ1) is 15.4. The predicted molar refractivity (Wildman–Crippen MR) is 108 cm³/mol. The Bertz CT molecular complexity index is 1060. The number of aromatic nitrogens is 2. The number of likely N-dealkylation sites (tertiary alicyclic amines) is 2. The highest BCUT2D eigenvalue weighted by atomic mass is 19.4. The Morgan fingerprint density at radius 2 is 1.61 bits per heavy atom. The summed E-state index contributed by atoms with van der Waals surface area (Å²) in [7, 11) is 0. The molecule has 1 aromatic heterocycles. The van der Waals surface area contributed by atoms with Crippen LogP contribution in [-0.4, -0.2) is 64.2 Å². The van der Waals surface area contributed by atoms with E-state index in [-0.39, 0.29) is 62.5 Å². The lowest BCUT2D eigenvalue weighted by atomic mass is 9.96. The number of nitrogens with one attached hydrogen (secondary N) is 1. The third kappa shape index (κ3) is 4.90. The van der Waals surface area contributed by atoms with Crippen LogP contribution in [0, 0.1) is 5.92 Å². The molecule has 2 aromatic rings. The molecule has 1 N–H and O–H groups in total. The first-order valence-electron chi connectivity index (χ1n) is 10.8. The van der Waals surface area contributed by atoms with E-state index in [1.54, 1.807) is 9.80 Å². The molecular weight excluding hydrogens is 454 g/mol. The van der Waals surface area contributed by atoms with E-state index in [1.807, 2.05) is 0 Å². The second-order valence-corrected chi connectivity index (χ2v) is 8.70. The van der Waals surface area contributed by atoms with Crippen molar-refractivity contribution in [2.75, 3.05) is 32.7 Å². The minimum Gasteiger partial charge on any atom is -0.341 e. The Kier molecular flexibility index (Phi) is 6.23. The number of halogens is 6. The van der Waals surface area contributed by atoms with E-state index in [0.29, 0.717) is 12.8 Å². The lowest BCUT2D eigenvalue weighted by molar-refractivity contribution is -0.185. The molecule has 0 aliphatic carbocycles. The molecule has 0 atom stereocenters. The molecule has 2 saturated heterocycles. The largest absolute Gasteiger partial charge is 0.418 e. The van der Waals surface area contributed by atoms with Gasteiger partial charge in [0, 0.05) is 19.1 Å². The third-order valence-electron chi connectivity index (χ3n) is 6.63. The van der Waals surface area contributed by atoms with Crippen molar-refractivity contribution in [2.24, 2.45) is 5.92 Å². The molecule has 4 rings (SSSR count). The topological polar surface area (TPSA) is 61.3 Å². The Morgan fingerprint density at radius 3 is 2.18 bits per heavy atom. The Balaban J connectivity index is 1.40. The van der Waals surface area contributed by atoms with Crippen molar-refractivity contribution in [3.8, 4) is 0 Å². The molecule has 0 saturated carbocycles. The molecular formula is C21H24F6N4O2. The third-order valence-corrected chi connectivity index (χ3v) is 6.63. The summed E-state index contributed by atoms with van der Waals surface area (Å²) < 4.78 is 80.1. The van der Waals surface area contributed by atoms with Gasteiger partial charge in [0.25, 0.3) is 0 Å². The Hall–Kier alpha value is -2.50. The van der Waals surface area contributed by atoms with Crippen molar-refractivity contribution in [1.82, 2.24) is 19.4 Å². The van der Waals surface area contributed by atoms with Crippen LogP contribution in [0.5, 0.6) is 0 Å². The van der Waals surface area contributed by atoms with Gasteiger partial charge in [0.15, 0.2) is 0 Å². The van der Waals surface area contributed by atoms with Gasteiger partial charge < -0.3 is 9.88 Å². The number of para-hydroxylation sites is 1. The molecule has 1 amide bonds. The van der Waals surface area contributed by atoms with E-state index in [2.05, 4.69) is 4.98 Å². The highest BCUT2D eigenvalue weighted by Crippen LogP contribution is 2.36. The number of aromatic amines is 1. The second kappa shape index (κ2) is 8.69. The number of amides is 1. The van der Waals surface area contributed by atoms with Gasteiger partial charge in [0.2, 0.25) is 5.91 Å². The van der Waals surface area contributed by atoms with Gasteiger partial charge in [-0.3, -0.25) is 14.3 Å². The summed E-state index contributed by atoms with van der Waals surface area (Å²) in [5.41, 5.74) is -1.60. The number of hydrogen-bond donors (Lipinski definition) is 1. The molecule has 33 heavy (non-hydrogen) atoms. The molecule has 182 valence electrons. The van der Waals surface area contributed by atoms with Gasteiger partial charge in [-0.1, -0.05) is 6.07 Å². The van der Waals surface area contributed by atoms with Crippen LogP contribution in [0.25, 0.3) is 11.0 Å². The zero-order valence-corrected chi connectivity index (χ0v) is 17.7. The van der Waals surface area contributed by atoms with Gasteiger partial charge in [0.05, 0.1) is 29.1 Å². The number of H-pyrrole nitrogens is 1. The monoisotopic (exact) mass is 478 g/mol. The lowest BCUT2D eigenvalue weighted by Crippen LogP contribution is -2.47. The maximum atomic E-state index is 13.5. The van der Waals surface area contributed by atoms with E-state index in [0.717, 1.165) is 10.6 Å². The average Bonchev–Trinajstić information content (AvgIpc) is 3.08. The fourth-order valence-corrected chi connectivity index (χ4v) is 4.84. The molecule has 0 spiro atoms. The molecule has 12 heteroatoms. The molecule has 3 heterocycles. The minimum absolute atomic E-state index is 0.0144. The van der Waals surface area contributed by atoms with Crippen LogP contribution in [0.1, 0.15) is 37.3 Å². The van der Waals surface area contributed by atoms with E-state index < -0.39 is 35.6 Å². The number of carbonyl (C=O) groups is 1. The lowest BCUT2D eigenvalue weighted by Gasteiger charge is -2.36. The fourth-order valence-electron chi connectivity index (χ4n) is 4.84. The second-order valence-electron chi connectivity index (χ2n) is 8.70. The molecule has 0 radical (unpaired) electrons. The summed E-state index contributed by atoms with van der Waals surface area (Å²) >= 11 is 0. The molecule has 2 aliphatic heterocycles. The number of carbonyl (C=O) groups excluding carboxylic acids is 1. The number of benzene rings is 1. The van der Waals surface area contributed by atoms with Gasteiger partial charge in [-0.15, -0.1) is 0 Å². The maximum absolute atomic E-state index is 13.5. The zero-order chi connectivity index (χ0) is 24.0. The number of fused-ring (bicyclic) bond motifs is 1. The molecule has 6 nitrogen and oxygen atoms in total. The Labute approximate surface area is 185 Å². The normalized spacial score (nSPS) is 20.0. The smallest absolute Gasteiger partial charge is 0.341 e. The standard InChI is InChI=1S/C21H24F6N4O2/c22-20(23,24)13-4-8-29(9-5-13)12-17(32)30-10-6-14(7-11-30)31-18-15(21(25,26)27)2-1-3-16(18)28-19(31)33/h1-3,13-14H,4-12H2,(H,28,33). The Morgan fingerprint density at radius 1 is 0.970 bits per heavy atom. The van der Waals surface area contributed by atoms with Crippen LogP contribution in [0.15, 0.2) is 23.0 Å². The predicted octanol–water partition coefficient (Wildman–Crippen LogP) is 3.79. The highest BCUT2D eigenvalue weighted by molar-refractivity contribution is 5.80. The number of imidazole rings is 1. The zero-order valence-electron chi connectivity index (χ0n) is 17.7. The van der Waals surface area contributed by atoms with Crippen molar-refractivity contribution < 1.29 is 31.1 Å². The quantitative estimate of drug-likeness (QED) is 0.684. The van der Waals surface area contributed by atoms with Gasteiger partial charge >= 0.3 is 18.0 Å². The van der Waals surface area contributed by atoms with E-state index in [9.17, 15) is 35.9 Å². The van der Waals surface area contributed by atoms with Crippen LogP contribution in [0.4, 0.5) is 26.3 Å². The maximum Gasteiger partial charge on any atom is 0.418 e. The number of hydrogen-bond acceptors (Lipinski definition) is 3. The first kappa shape index (κ1) is 23.7. The van der Waals surface area contributed by atoms with Gasteiger partial charge in [0.1, 0.15) is 0 Å². The SMILES string of the molecule is O=C(CN1CCC(C(F)(F)F)CC1)N1CCC(n2c(=O)[nH]c3cccc(C(F)(F)F)c32)CC1. The summed E-state index contributed by atoms with van der Waals surface area (Å²) in [6, 6.07) is 3.10. The molecule has 1 aromatic carbocycles. The molecule has 2 aliphatic rings. The van der Waals surface area contributed by atoms with E-state index in [4.69, 9.17) is 0 Å². The number of piperidine rings is 2. The van der Waals surface area contributed by atoms with Crippen molar-refractivity contribution >= 4 is 16.9 Å². The van der Waals surface area contributed by atoms with Crippen molar-refractivity contribution in [2.45, 2.75) is 44.1 Å². The van der Waals surface area contributed by atoms with Crippen LogP contribution >= 0.6 is 0 Å². The van der Waals surface area contributed by atoms with E-state index in [1.165, 1.54) is 12.1 Å². The van der Waals surface area contributed by atoms with Gasteiger partial charge in [-0.25, -0.2) is 4.79 Å². The van der Waals surface area contributed by atoms with Crippen LogP contribution in [0.2, 0.25) is 0 Å². The summed E-state index contributed by atoms with van der Waals surface area (Å²) in [6.07, 6.45) is -8.30. The number of nitrogens with zero attached hydrogens (tertiary/aromatic N) is 3. The summed E-state index contributed by atoms with van der Waals surface area (Å²) in [5, 5.41) is 0.